The fourth-order valence-corrected chi connectivity index (χ4v) is 4.23. The molecule has 0 N–H and O–H groups in total. The second kappa shape index (κ2) is 6.13. The number of nitrogens with zero attached hydrogens (tertiary/aromatic N) is 1. The van der Waals surface area contributed by atoms with Crippen LogP contribution in [0, 0.1) is 5.92 Å². The Balaban J connectivity index is 1.79. The Morgan fingerprint density at radius 2 is 1.73 bits per heavy atom. The van der Waals surface area contributed by atoms with Crippen molar-refractivity contribution >= 4 is 11.9 Å². The molecule has 4 rings (SSSR count). The molecule has 4 nitrogen and oxygen atoms in total. The van der Waals surface area contributed by atoms with Gasteiger partial charge < -0.3 is 9.64 Å². The predicted octanol–water partition coefficient (Wildman–Crippen LogP) is 3.43. The Morgan fingerprint density at radius 1 is 1.12 bits per heavy atom. The zero-order chi connectivity index (χ0) is 18.3. The standard InChI is InChI=1S/C22H21NO3/c1-15-13-18(24)23(14-16-9-5-3-6-10-16)20-19(15)22(20,21(25)26-2)17-11-7-4-8-12-17/h3-12,15H,13-14H2,1-2H3. The maximum atomic E-state index is 12.9. The van der Waals surface area contributed by atoms with Gasteiger partial charge in [-0.3, -0.25) is 9.59 Å². The van der Waals surface area contributed by atoms with Gasteiger partial charge in [0.1, 0.15) is 0 Å². The molecule has 0 saturated carbocycles. The van der Waals surface area contributed by atoms with Crippen LogP contribution in [0.4, 0.5) is 0 Å². The number of methoxy groups -OCH3 is 1. The van der Waals surface area contributed by atoms with E-state index in [-0.39, 0.29) is 17.8 Å². The van der Waals surface area contributed by atoms with E-state index >= 15 is 0 Å². The van der Waals surface area contributed by atoms with Crippen LogP contribution in [0.25, 0.3) is 0 Å². The Kier molecular flexibility index (Phi) is 3.91. The van der Waals surface area contributed by atoms with E-state index in [2.05, 4.69) is 0 Å². The third-order valence-corrected chi connectivity index (χ3v) is 5.38. The van der Waals surface area contributed by atoms with Crippen molar-refractivity contribution < 1.29 is 14.3 Å². The summed E-state index contributed by atoms with van der Waals surface area (Å²) in [6, 6.07) is 19.5. The molecular formula is C22H21NO3. The van der Waals surface area contributed by atoms with Gasteiger partial charge >= 0.3 is 5.97 Å². The number of esters is 1. The Hall–Kier alpha value is -2.88. The van der Waals surface area contributed by atoms with Crippen molar-refractivity contribution in [1.82, 2.24) is 4.90 Å². The molecule has 1 aliphatic heterocycles. The second-order valence-corrected chi connectivity index (χ2v) is 6.94. The highest BCUT2D eigenvalue weighted by atomic mass is 16.5. The highest BCUT2D eigenvalue weighted by Gasteiger charge is 2.67. The molecule has 132 valence electrons. The summed E-state index contributed by atoms with van der Waals surface area (Å²) in [6.07, 6.45) is 0.414. The van der Waals surface area contributed by atoms with Gasteiger partial charge in [0.05, 0.1) is 13.7 Å². The molecule has 0 saturated heterocycles. The summed E-state index contributed by atoms with van der Waals surface area (Å²) in [5, 5.41) is 0. The van der Waals surface area contributed by atoms with E-state index in [0.29, 0.717) is 13.0 Å². The Bertz CT molecular complexity index is 888. The number of rotatable bonds is 4. The number of carbonyl (C=O) groups is 2. The van der Waals surface area contributed by atoms with Crippen LogP contribution in [0.3, 0.4) is 0 Å². The van der Waals surface area contributed by atoms with Gasteiger partial charge in [0, 0.05) is 12.1 Å². The monoisotopic (exact) mass is 347 g/mol. The van der Waals surface area contributed by atoms with Gasteiger partial charge in [0.15, 0.2) is 5.41 Å². The van der Waals surface area contributed by atoms with Gasteiger partial charge in [-0.25, -0.2) is 0 Å². The lowest BCUT2D eigenvalue weighted by Crippen LogP contribution is -2.34. The molecule has 4 heteroatoms. The first kappa shape index (κ1) is 16.6. The van der Waals surface area contributed by atoms with Gasteiger partial charge in [0.2, 0.25) is 5.91 Å². The molecule has 0 fully saturated rings. The average molecular weight is 347 g/mol. The molecule has 2 unspecified atom stereocenters. The van der Waals surface area contributed by atoms with Crippen molar-refractivity contribution in [1.29, 1.82) is 0 Å². The normalized spacial score (nSPS) is 24.3. The zero-order valence-corrected chi connectivity index (χ0v) is 14.9. The third-order valence-electron chi connectivity index (χ3n) is 5.38. The average Bonchev–Trinajstić information content (AvgIpc) is 3.38. The molecule has 0 radical (unpaired) electrons. The van der Waals surface area contributed by atoms with Crippen LogP contribution >= 0.6 is 0 Å². The molecule has 2 aromatic carbocycles. The molecule has 1 aliphatic carbocycles. The van der Waals surface area contributed by atoms with E-state index < -0.39 is 5.41 Å². The number of benzene rings is 2. The zero-order valence-electron chi connectivity index (χ0n) is 14.9. The van der Waals surface area contributed by atoms with E-state index in [0.717, 1.165) is 22.4 Å². The fraction of sp³-hybridized carbons (Fsp3) is 0.273. The Morgan fingerprint density at radius 3 is 2.35 bits per heavy atom. The van der Waals surface area contributed by atoms with Crippen LogP contribution in [0.15, 0.2) is 71.9 Å². The number of hydrogen-bond acceptors (Lipinski definition) is 3. The largest absolute Gasteiger partial charge is 0.468 e. The minimum Gasteiger partial charge on any atom is -0.468 e. The molecular weight excluding hydrogens is 326 g/mol. The lowest BCUT2D eigenvalue weighted by molar-refractivity contribution is -0.143. The smallest absolute Gasteiger partial charge is 0.326 e. The number of carbonyl (C=O) groups excluding carboxylic acids is 2. The van der Waals surface area contributed by atoms with Gasteiger partial charge in [-0.05, 0) is 22.6 Å². The Labute approximate surface area is 153 Å². The molecule has 2 aliphatic rings. The quantitative estimate of drug-likeness (QED) is 0.796. The fourth-order valence-electron chi connectivity index (χ4n) is 4.23. The van der Waals surface area contributed by atoms with E-state index in [4.69, 9.17) is 4.74 Å². The third kappa shape index (κ3) is 2.29. The van der Waals surface area contributed by atoms with E-state index in [9.17, 15) is 9.59 Å². The highest BCUT2D eigenvalue weighted by Crippen LogP contribution is 2.62. The lowest BCUT2D eigenvalue weighted by atomic mass is 9.85. The minimum absolute atomic E-state index is 0.0313. The first-order chi connectivity index (χ1) is 12.6. The summed E-state index contributed by atoms with van der Waals surface area (Å²) in [4.78, 5) is 27.5. The van der Waals surface area contributed by atoms with E-state index in [1.54, 1.807) is 4.90 Å². The van der Waals surface area contributed by atoms with E-state index in [1.807, 2.05) is 67.6 Å². The number of likely N-dealkylation sites (tertiary alicyclic amines) is 1. The number of amides is 1. The summed E-state index contributed by atoms with van der Waals surface area (Å²) < 4.78 is 5.19. The van der Waals surface area contributed by atoms with Crippen molar-refractivity contribution in [2.24, 2.45) is 5.92 Å². The lowest BCUT2D eigenvalue weighted by Gasteiger charge is -2.25. The molecule has 0 aromatic heterocycles. The van der Waals surface area contributed by atoms with Gasteiger partial charge in [0.25, 0.3) is 0 Å². The highest BCUT2D eigenvalue weighted by molar-refractivity contribution is 6.02. The number of hydrogen-bond donors (Lipinski definition) is 0. The van der Waals surface area contributed by atoms with Crippen LogP contribution in [-0.2, 0) is 26.3 Å². The van der Waals surface area contributed by atoms with Crippen molar-refractivity contribution in [3.8, 4) is 0 Å². The first-order valence-electron chi connectivity index (χ1n) is 8.84. The maximum absolute atomic E-state index is 12.9. The van der Waals surface area contributed by atoms with Gasteiger partial charge in [-0.2, -0.15) is 0 Å². The van der Waals surface area contributed by atoms with Crippen LogP contribution < -0.4 is 0 Å². The van der Waals surface area contributed by atoms with Crippen molar-refractivity contribution in [2.75, 3.05) is 7.11 Å². The van der Waals surface area contributed by atoms with Crippen LogP contribution in [0.5, 0.6) is 0 Å². The molecule has 26 heavy (non-hydrogen) atoms. The number of ether oxygens (including phenoxy) is 1. The van der Waals surface area contributed by atoms with Crippen molar-refractivity contribution in [2.45, 2.75) is 25.3 Å². The van der Waals surface area contributed by atoms with Crippen LogP contribution in [0.2, 0.25) is 0 Å². The van der Waals surface area contributed by atoms with Crippen LogP contribution in [0.1, 0.15) is 24.5 Å². The molecule has 1 amide bonds. The maximum Gasteiger partial charge on any atom is 0.326 e. The summed E-state index contributed by atoms with van der Waals surface area (Å²) in [5.74, 6) is -0.223. The first-order valence-corrected chi connectivity index (χ1v) is 8.84. The molecule has 0 bridgehead atoms. The SMILES string of the molecule is COC(=O)C1(c2ccccc2)C2=C1N(Cc1ccccc1)C(=O)CC2C. The molecule has 2 atom stereocenters. The van der Waals surface area contributed by atoms with Crippen molar-refractivity contribution in [3.05, 3.63) is 83.1 Å². The van der Waals surface area contributed by atoms with E-state index in [1.165, 1.54) is 7.11 Å². The van der Waals surface area contributed by atoms with Crippen molar-refractivity contribution in [3.63, 3.8) is 0 Å². The second-order valence-electron chi connectivity index (χ2n) is 6.94. The predicted molar refractivity (Wildman–Crippen MR) is 97.9 cm³/mol. The van der Waals surface area contributed by atoms with Gasteiger partial charge in [-0.1, -0.05) is 67.6 Å². The summed E-state index contributed by atoms with van der Waals surface area (Å²) >= 11 is 0. The van der Waals surface area contributed by atoms with Crippen LogP contribution in [-0.4, -0.2) is 23.9 Å². The summed E-state index contributed by atoms with van der Waals surface area (Å²) in [7, 11) is 1.41. The van der Waals surface area contributed by atoms with Gasteiger partial charge in [-0.15, -0.1) is 0 Å². The minimum atomic E-state index is -0.920. The topological polar surface area (TPSA) is 46.6 Å². The molecule has 0 spiro atoms. The molecule has 2 aromatic rings. The summed E-state index contributed by atoms with van der Waals surface area (Å²) in [5.41, 5.74) is 2.82. The molecule has 1 heterocycles. The summed E-state index contributed by atoms with van der Waals surface area (Å²) in [6.45, 7) is 2.48.